The van der Waals surface area contributed by atoms with Crippen molar-refractivity contribution in [3.8, 4) is 17.2 Å². The van der Waals surface area contributed by atoms with Gasteiger partial charge >= 0.3 is 6.18 Å². The number of aromatic nitrogens is 2. The molecule has 36 heavy (non-hydrogen) atoms. The molecule has 1 fully saturated rings. The molecule has 0 bridgehead atoms. The fourth-order valence-electron chi connectivity index (χ4n) is 5.03. The van der Waals surface area contributed by atoms with Gasteiger partial charge in [-0.05, 0) is 42.8 Å². The number of ketones is 1. The van der Waals surface area contributed by atoms with Crippen LogP contribution in [0.1, 0.15) is 41.1 Å². The van der Waals surface area contributed by atoms with E-state index in [2.05, 4.69) is 15.3 Å². The third kappa shape index (κ3) is 4.16. The predicted octanol–water partition coefficient (Wildman–Crippen LogP) is 4.85. The Kier molecular flexibility index (Phi) is 5.20. The fraction of sp³-hybridized carbons (Fsp3) is 0.308. The summed E-state index contributed by atoms with van der Waals surface area (Å²) in [6, 6.07) is 9.09. The van der Waals surface area contributed by atoms with Crippen molar-refractivity contribution in [2.45, 2.75) is 43.9 Å². The van der Waals surface area contributed by atoms with Crippen LogP contribution in [-0.2, 0) is 28.6 Å². The molecule has 2 aromatic heterocycles. The van der Waals surface area contributed by atoms with Crippen molar-refractivity contribution in [3.63, 3.8) is 0 Å². The van der Waals surface area contributed by atoms with Gasteiger partial charge in [-0.2, -0.15) is 13.2 Å². The van der Waals surface area contributed by atoms with E-state index in [9.17, 15) is 22.8 Å². The highest BCUT2D eigenvalue weighted by Gasteiger charge is 2.59. The molecular formula is C26H20F3N3O4. The first-order valence-corrected chi connectivity index (χ1v) is 11.6. The number of alkyl halides is 3. The molecule has 7 nitrogen and oxygen atoms in total. The van der Waals surface area contributed by atoms with Crippen LogP contribution >= 0.6 is 0 Å². The van der Waals surface area contributed by atoms with Gasteiger partial charge < -0.3 is 14.8 Å². The van der Waals surface area contributed by atoms with Crippen LogP contribution in [0.15, 0.2) is 48.8 Å². The van der Waals surface area contributed by atoms with Crippen molar-refractivity contribution in [2.24, 2.45) is 5.92 Å². The molecule has 3 atom stereocenters. The highest BCUT2D eigenvalue weighted by Crippen LogP contribution is 2.60. The van der Waals surface area contributed by atoms with E-state index in [0.29, 0.717) is 30.2 Å². The number of ether oxygens (including phenoxy) is 2. The second-order valence-corrected chi connectivity index (χ2v) is 9.21. The molecule has 1 aromatic carbocycles. The monoisotopic (exact) mass is 495 g/mol. The first kappa shape index (κ1) is 22.5. The molecule has 0 unspecified atom stereocenters. The van der Waals surface area contributed by atoms with Crippen LogP contribution < -0.4 is 14.8 Å². The Morgan fingerprint density at radius 2 is 1.94 bits per heavy atom. The zero-order valence-electron chi connectivity index (χ0n) is 18.8. The molecule has 6 rings (SSSR count). The highest BCUT2D eigenvalue weighted by atomic mass is 19.4. The molecule has 0 radical (unpaired) electrons. The van der Waals surface area contributed by atoms with Crippen LogP contribution in [-0.4, -0.2) is 27.8 Å². The maximum absolute atomic E-state index is 12.9. The first-order valence-electron chi connectivity index (χ1n) is 11.6. The number of Topliss-reactive ketones (excluding diaryl/α,β-unsaturated/α-hetero) is 1. The molecular weight excluding hydrogens is 475 g/mol. The van der Waals surface area contributed by atoms with Crippen molar-refractivity contribution in [1.82, 2.24) is 9.97 Å². The van der Waals surface area contributed by atoms with E-state index < -0.39 is 11.7 Å². The Labute approximate surface area is 203 Å². The number of rotatable bonds is 6. The summed E-state index contributed by atoms with van der Waals surface area (Å²) in [5.41, 5.74) is 1.08. The number of benzene rings is 1. The normalized spacial score (nSPS) is 21.5. The summed E-state index contributed by atoms with van der Waals surface area (Å²) in [4.78, 5) is 32.4. The molecule has 10 heteroatoms. The molecule has 0 saturated heterocycles. The second kappa shape index (κ2) is 8.32. The predicted molar refractivity (Wildman–Crippen MR) is 121 cm³/mol. The van der Waals surface area contributed by atoms with Gasteiger partial charge in [0.1, 0.15) is 35.0 Å². The highest BCUT2D eigenvalue weighted by molar-refractivity contribution is 5.93. The van der Waals surface area contributed by atoms with Gasteiger partial charge in [0.05, 0.1) is 5.56 Å². The summed E-state index contributed by atoms with van der Waals surface area (Å²) in [5.74, 6) is 2.21. The zero-order chi connectivity index (χ0) is 25.0. The van der Waals surface area contributed by atoms with E-state index in [1.807, 2.05) is 12.1 Å². The Morgan fingerprint density at radius 3 is 2.78 bits per heavy atom. The maximum Gasteiger partial charge on any atom is 0.416 e. The summed E-state index contributed by atoms with van der Waals surface area (Å²) in [7, 11) is 0. The number of halogens is 3. The molecule has 1 amide bonds. The second-order valence-electron chi connectivity index (χ2n) is 9.21. The van der Waals surface area contributed by atoms with Crippen LogP contribution in [0, 0.1) is 5.92 Å². The van der Waals surface area contributed by atoms with Crippen molar-refractivity contribution in [3.05, 3.63) is 71.2 Å². The van der Waals surface area contributed by atoms with Crippen molar-refractivity contribution in [1.29, 1.82) is 0 Å². The van der Waals surface area contributed by atoms with Crippen LogP contribution in [0.3, 0.4) is 0 Å². The number of hydrogen-bond acceptors (Lipinski definition) is 6. The van der Waals surface area contributed by atoms with Crippen molar-refractivity contribution < 1.29 is 32.2 Å². The van der Waals surface area contributed by atoms with E-state index in [4.69, 9.17) is 9.47 Å². The van der Waals surface area contributed by atoms with Gasteiger partial charge in [0.25, 0.3) is 0 Å². The van der Waals surface area contributed by atoms with Crippen LogP contribution in [0.5, 0.6) is 17.2 Å². The fourth-order valence-corrected chi connectivity index (χ4v) is 5.03. The first-order chi connectivity index (χ1) is 17.3. The molecule has 4 heterocycles. The lowest BCUT2D eigenvalue weighted by Crippen LogP contribution is -2.20. The quantitative estimate of drug-likeness (QED) is 0.526. The average molecular weight is 495 g/mol. The minimum Gasteiger partial charge on any atom is -0.489 e. The zero-order valence-corrected chi connectivity index (χ0v) is 18.8. The van der Waals surface area contributed by atoms with Gasteiger partial charge in [-0.3, -0.25) is 14.6 Å². The van der Waals surface area contributed by atoms with Crippen LogP contribution in [0.4, 0.5) is 19.0 Å². The molecule has 0 spiro atoms. The lowest BCUT2D eigenvalue weighted by molar-refractivity contribution is -0.137. The number of amides is 1. The third-order valence-corrected chi connectivity index (χ3v) is 6.79. The SMILES string of the molecule is O=C(Cc1cc(C(F)(F)F)ccn1)C[C@H]1[C@H]2Oc3ccc(Oc4ccnc5c4CCC(=O)N5)cc3[C@@H]12. The molecule has 2 aliphatic heterocycles. The summed E-state index contributed by atoms with van der Waals surface area (Å²) in [6.07, 6.45) is -1.00. The number of anilines is 1. The van der Waals surface area contributed by atoms with Gasteiger partial charge in [0.15, 0.2) is 0 Å². The van der Waals surface area contributed by atoms with E-state index in [1.165, 1.54) is 0 Å². The Hall–Kier alpha value is -3.95. The third-order valence-electron chi connectivity index (χ3n) is 6.79. The number of carbonyl (C=O) groups is 2. The number of fused-ring (bicyclic) bond motifs is 4. The standard InChI is InChI=1S/C26H20F3N3O4/c27-26(28,29)13-5-7-30-14(9-13)10-15(33)11-19-23-18-12-16(1-3-20(18)36-24(19)23)35-21-6-8-31-25-17(21)2-4-22(34)32-25/h1,3,5-9,12,19,23-24H,2,4,10-11H2,(H,31,32,34)/t19-,23+,24-/m1/s1. The van der Waals surface area contributed by atoms with Crippen LogP contribution in [0.25, 0.3) is 0 Å². The lowest BCUT2D eigenvalue weighted by Gasteiger charge is -2.19. The Balaban J connectivity index is 1.13. The van der Waals surface area contributed by atoms with E-state index >= 15 is 0 Å². The topological polar surface area (TPSA) is 90.4 Å². The van der Waals surface area contributed by atoms with Crippen molar-refractivity contribution in [2.75, 3.05) is 5.32 Å². The summed E-state index contributed by atoms with van der Waals surface area (Å²) in [5, 5.41) is 2.75. The summed E-state index contributed by atoms with van der Waals surface area (Å²) in [6.45, 7) is 0. The molecule has 184 valence electrons. The van der Waals surface area contributed by atoms with Crippen LogP contribution in [0.2, 0.25) is 0 Å². The van der Waals surface area contributed by atoms with Gasteiger partial charge in [-0.15, -0.1) is 0 Å². The summed E-state index contributed by atoms with van der Waals surface area (Å²) < 4.78 is 50.9. The largest absolute Gasteiger partial charge is 0.489 e. The Bertz CT molecular complexity index is 1390. The minimum absolute atomic E-state index is 0.0325. The number of hydrogen-bond donors (Lipinski definition) is 1. The average Bonchev–Trinajstić information content (AvgIpc) is 3.34. The summed E-state index contributed by atoms with van der Waals surface area (Å²) >= 11 is 0. The van der Waals surface area contributed by atoms with Gasteiger partial charge in [0, 0.05) is 60.3 Å². The maximum atomic E-state index is 12.9. The number of pyridine rings is 2. The van der Waals surface area contributed by atoms with E-state index in [1.54, 1.807) is 18.3 Å². The van der Waals surface area contributed by atoms with Gasteiger partial charge in [0.2, 0.25) is 5.91 Å². The van der Waals surface area contributed by atoms with Gasteiger partial charge in [-0.25, -0.2) is 4.98 Å². The smallest absolute Gasteiger partial charge is 0.416 e. The van der Waals surface area contributed by atoms with Crippen molar-refractivity contribution >= 4 is 17.5 Å². The molecule has 1 aliphatic carbocycles. The van der Waals surface area contributed by atoms with Gasteiger partial charge in [-0.1, -0.05) is 0 Å². The minimum atomic E-state index is -4.48. The number of nitrogens with zero attached hydrogens (tertiary/aromatic N) is 2. The molecule has 3 aromatic rings. The Morgan fingerprint density at radius 1 is 1.11 bits per heavy atom. The molecule has 3 aliphatic rings. The lowest BCUT2D eigenvalue weighted by atomic mass is 10.0. The number of nitrogens with one attached hydrogen (secondary N) is 1. The number of carbonyl (C=O) groups excluding carboxylic acids is 2. The van der Waals surface area contributed by atoms with E-state index in [-0.39, 0.29) is 48.2 Å². The molecule has 1 saturated carbocycles. The van der Waals surface area contributed by atoms with E-state index in [0.717, 1.165) is 35.2 Å². The molecule has 1 N–H and O–H groups in total.